The first-order chi connectivity index (χ1) is 11.7. The standard InChI is InChI=1S/C17H16Cl2N2O3S/c1-9-3-10(2)5-12(4-9)24-8-15(22)21-17(25)20-11-6-13(18)16(23)14(19)7-11/h3-7,23H,8H2,1-2H3,(H2,20,21,22,25). The minimum atomic E-state index is -0.410. The Morgan fingerprint density at radius 3 is 2.24 bits per heavy atom. The molecule has 8 heteroatoms. The first kappa shape index (κ1) is 19.3. The van der Waals surface area contributed by atoms with Crippen molar-refractivity contribution < 1.29 is 14.6 Å². The molecule has 0 atom stereocenters. The molecule has 0 heterocycles. The van der Waals surface area contributed by atoms with Gasteiger partial charge in [0.2, 0.25) is 0 Å². The SMILES string of the molecule is Cc1cc(C)cc(OCC(=O)NC(=S)Nc2cc(Cl)c(O)c(Cl)c2)c1. The van der Waals surface area contributed by atoms with E-state index in [9.17, 15) is 9.90 Å². The highest BCUT2D eigenvalue weighted by atomic mass is 35.5. The van der Waals surface area contributed by atoms with Crippen LogP contribution in [-0.2, 0) is 4.79 Å². The zero-order valence-corrected chi connectivity index (χ0v) is 15.9. The number of phenols is 1. The predicted octanol–water partition coefficient (Wildman–Crippen LogP) is 4.21. The van der Waals surface area contributed by atoms with Gasteiger partial charge in [-0.05, 0) is 61.5 Å². The van der Waals surface area contributed by atoms with E-state index in [0.717, 1.165) is 11.1 Å². The molecule has 2 aromatic carbocycles. The number of nitrogens with one attached hydrogen (secondary N) is 2. The molecule has 0 aliphatic carbocycles. The van der Waals surface area contributed by atoms with Crippen LogP contribution < -0.4 is 15.4 Å². The molecule has 0 unspecified atom stereocenters. The molecule has 0 fully saturated rings. The van der Waals surface area contributed by atoms with Crippen LogP contribution >= 0.6 is 35.4 Å². The molecular weight excluding hydrogens is 383 g/mol. The third kappa shape index (κ3) is 5.77. The molecule has 3 N–H and O–H groups in total. The average molecular weight is 399 g/mol. The number of phenolic OH excluding ortho intramolecular Hbond substituents is 1. The minimum absolute atomic E-state index is 0.0619. The maximum atomic E-state index is 11.9. The summed E-state index contributed by atoms with van der Waals surface area (Å²) in [6, 6.07) is 8.58. The second-order valence-corrected chi connectivity index (χ2v) is 6.63. The average Bonchev–Trinajstić information content (AvgIpc) is 2.49. The summed E-state index contributed by atoms with van der Waals surface area (Å²) in [5.74, 6) is -0.0121. The smallest absolute Gasteiger partial charge is 0.264 e. The van der Waals surface area contributed by atoms with Gasteiger partial charge in [0.25, 0.3) is 5.91 Å². The van der Waals surface area contributed by atoms with Gasteiger partial charge in [-0.1, -0.05) is 29.3 Å². The number of hydrogen-bond acceptors (Lipinski definition) is 4. The highest BCUT2D eigenvalue weighted by Crippen LogP contribution is 2.34. The lowest BCUT2D eigenvalue weighted by Crippen LogP contribution is -2.37. The predicted molar refractivity (Wildman–Crippen MR) is 104 cm³/mol. The maximum Gasteiger partial charge on any atom is 0.264 e. The van der Waals surface area contributed by atoms with Crippen LogP contribution in [0.1, 0.15) is 11.1 Å². The molecule has 0 aromatic heterocycles. The first-order valence-corrected chi connectivity index (χ1v) is 8.41. The molecule has 0 aliphatic rings. The largest absolute Gasteiger partial charge is 0.505 e. The Labute approximate surface area is 160 Å². The molecule has 1 amide bonds. The Morgan fingerprint density at radius 1 is 1.12 bits per heavy atom. The number of benzene rings is 2. The van der Waals surface area contributed by atoms with E-state index in [0.29, 0.717) is 11.4 Å². The number of carbonyl (C=O) groups is 1. The van der Waals surface area contributed by atoms with Gasteiger partial charge in [0, 0.05) is 5.69 Å². The molecule has 0 spiro atoms. The summed E-state index contributed by atoms with van der Waals surface area (Å²) in [7, 11) is 0. The van der Waals surface area contributed by atoms with Gasteiger partial charge in [-0.2, -0.15) is 0 Å². The quantitative estimate of drug-likeness (QED) is 0.531. The molecule has 0 aliphatic heterocycles. The van der Waals surface area contributed by atoms with Gasteiger partial charge in [0.15, 0.2) is 17.5 Å². The number of amides is 1. The van der Waals surface area contributed by atoms with Gasteiger partial charge < -0.3 is 15.2 Å². The van der Waals surface area contributed by atoms with Crippen molar-refractivity contribution in [3.05, 3.63) is 51.5 Å². The summed E-state index contributed by atoms with van der Waals surface area (Å²) < 4.78 is 5.46. The minimum Gasteiger partial charge on any atom is -0.505 e. The Kier molecular flexibility index (Phi) is 6.47. The Bertz CT molecular complexity index is 784. The van der Waals surface area contributed by atoms with E-state index in [2.05, 4.69) is 10.6 Å². The molecule has 0 saturated heterocycles. The fraction of sp³-hybridized carbons (Fsp3) is 0.176. The monoisotopic (exact) mass is 398 g/mol. The molecule has 0 bridgehead atoms. The number of carbonyl (C=O) groups excluding carboxylic acids is 1. The van der Waals surface area contributed by atoms with Gasteiger partial charge in [0.05, 0.1) is 10.0 Å². The maximum absolute atomic E-state index is 11.9. The van der Waals surface area contributed by atoms with Gasteiger partial charge in [-0.15, -0.1) is 0 Å². The number of halogens is 2. The molecule has 0 saturated carbocycles. The third-order valence-electron chi connectivity index (χ3n) is 3.09. The zero-order chi connectivity index (χ0) is 18.6. The molecule has 25 heavy (non-hydrogen) atoms. The van der Waals surface area contributed by atoms with Crippen molar-refractivity contribution in [2.75, 3.05) is 11.9 Å². The number of anilines is 1. The van der Waals surface area contributed by atoms with E-state index < -0.39 is 5.91 Å². The molecule has 0 radical (unpaired) electrons. The normalized spacial score (nSPS) is 10.2. The number of rotatable bonds is 4. The highest BCUT2D eigenvalue weighted by Gasteiger charge is 2.10. The van der Waals surface area contributed by atoms with E-state index in [1.807, 2.05) is 32.0 Å². The molecule has 2 rings (SSSR count). The molecule has 132 valence electrons. The van der Waals surface area contributed by atoms with E-state index in [4.69, 9.17) is 40.2 Å². The van der Waals surface area contributed by atoms with Crippen molar-refractivity contribution >= 4 is 52.1 Å². The van der Waals surface area contributed by atoms with Crippen LogP contribution in [0.15, 0.2) is 30.3 Å². The van der Waals surface area contributed by atoms with Crippen molar-refractivity contribution in [1.82, 2.24) is 5.32 Å². The van der Waals surface area contributed by atoms with Gasteiger partial charge in [-0.25, -0.2) is 0 Å². The van der Waals surface area contributed by atoms with Crippen molar-refractivity contribution in [1.29, 1.82) is 0 Å². The van der Waals surface area contributed by atoms with Crippen LogP contribution in [0.5, 0.6) is 11.5 Å². The lowest BCUT2D eigenvalue weighted by atomic mass is 10.1. The van der Waals surface area contributed by atoms with E-state index in [1.54, 1.807) is 0 Å². The number of ether oxygens (including phenoxy) is 1. The van der Waals surface area contributed by atoms with Crippen LogP contribution in [0.4, 0.5) is 5.69 Å². The van der Waals surface area contributed by atoms with E-state index in [1.165, 1.54) is 12.1 Å². The fourth-order valence-electron chi connectivity index (χ4n) is 2.13. The number of hydrogen-bond donors (Lipinski definition) is 3. The number of thiocarbonyl (C=S) groups is 1. The van der Waals surface area contributed by atoms with Crippen LogP contribution in [-0.4, -0.2) is 22.7 Å². The summed E-state index contributed by atoms with van der Waals surface area (Å²) >= 11 is 16.7. The van der Waals surface area contributed by atoms with Gasteiger partial charge >= 0.3 is 0 Å². The lowest BCUT2D eigenvalue weighted by Gasteiger charge is -2.12. The van der Waals surface area contributed by atoms with Gasteiger partial charge in [0.1, 0.15) is 5.75 Å². The fourth-order valence-corrected chi connectivity index (χ4v) is 2.85. The van der Waals surface area contributed by atoms with Crippen molar-refractivity contribution in [3.8, 4) is 11.5 Å². The number of aryl methyl sites for hydroxylation is 2. The highest BCUT2D eigenvalue weighted by molar-refractivity contribution is 7.80. The first-order valence-electron chi connectivity index (χ1n) is 7.24. The lowest BCUT2D eigenvalue weighted by molar-refractivity contribution is -0.121. The van der Waals surface area contributed by atoms with E-state index >= 15 is 0 Å². The van der Waals surface area contributed by atoms with Crippen LogP contribution in [0.3, 0.4) is 0 Å². The van der Waals surface area contributed by atoms with Crippen molar-refractivity contribution in [2.24, 2.45) is 0 Å². The topological polar surface area (TPSA) is 70.6 Å². The molecule has 2 aromatic rings. The van der Waals surface area contributed by atoms with Crippen LogP contribution in [0.2, 0.25) is 10.0 Å². The third-order valence-corrected chi connectivity index (χ3v) is 3.87. The Morgan fingerprint density at radius 2 is 1.68 bits per heavy atom. The number of aromatic hydroxyl groups is 1. The van der Waals surface area contributed by atoms with Crippen LogP contribution in [0.25, 0.3) is 0 Å². The van der Waals surface area contributed by atoms with Crippen molar-refractivity contribution in [2.45, 2.75) is 13.8 Å². The van der Waals surface area contributed by atoms with Crippen molar-refractivity contribution in [3.63, 3.8) is 0 Å². The zero-order valence-electron chi connectivity index (χ0n) is 13.5. The Balaban J connectivity index is 1.89. The second-order valence-electron chi connectivity index (χ2n) is 5.40. The second kappa shape index (κ2) is 8.38. The summed E-state index contributed by atoms with van der Waals surface area (Å²) in [5.41, 5.74) is 2.54. The summed E-state index contributed by atoms with van der Waals surface area (Å²) in [6.45, 7) is 3.72. The van der Waals surface area contributed by atoms with Gasteiger partial charge in [-0.3, -0.25) is 10.1 Å². The molecular formula is C17H16Cl2N2O3S. The van der Waals surface area contributed by atoms with Crippen LogP contribution in [0, 0.1) is 13.8 Å². The Hall–Kier alpha value is -2.02. The van der Waals surface area contributed by atoms with E-state index in [-0.39, 0.29) is 27.5 Å². The summed E-state index contributed by atoms with van der Waals surface area (Å²) in [6.07, 6.45) is 0. The summed E-state index contributed by atoms with van der Waals surface area (Å²) in [4.78, 5) is 11.9. The molecule has 5 nitrogen and oxygen atoms in total. The summed E-state index contributed by atoms with van der Waals surface area (Å²) in [5, 5.41) is 15.0.